The van der Waals surface area contributed by atoms with E-state index in [1.165, 1.54) is 14.1 Å². The lowest BCUT2D eigenvalue weighted by molar-refractivity contribution is 0.242. The summed E-state index contributed by atoms with van der Waals surface area (Å²) >= 11 is 0. The Bertz CT molecular complexity index is 452. The molecule has 96 valence electrons. The number of rotatable bonds is 5. The van der Waals surface area contributed by atoms with Crippen molar-refractivity contribution in [3.8, 4) is 5.75 Å². The van der Waals surface area contributed by atoms with Gasteiger partial charge in [0.1, 0.15) is 5.75 Å². The number of hydrogen-bond acceptors (Lipinski definition) is 3. The molecule has 0 fully saturated rings. The Labute approximate surface area is 103 Å². The molecule has 0 saturated heterocycles. The minimum atomic E-state index is -3.44. The van der Waals surface area contributed by atoms with Gasteiger partial charge >= 0.3 is 10.2 Å². The van der Waals surface area contributed by atoms with Gasteiger partial charge in [0.05, 0.1) is 11.8 Å². The van der Waals surface area contributed by atoms with E-state index in [2.05, 4.69) is 4.72 Å². The van der Waals surface area contributed by atoms with Crippen LogP contribution in [0.15, 0.2) is 24.3 Å². The molecule has 0 aromatic heterocycles. The minimum absolute atomic E-state index is 0.0966. The van der Waals surface area contributed by atoms with Crippen molar-refractivity contribution in [2.45, 2.75) is 20.0 Å². The third-order valence-corrected chi connectivity index (χ3v) is 3.41. The molecule has 0 spiro atoms. The highest BCUT2D eigenvalue weighted by Gasteiger charge is 2.12. The van der Waals surface area contributed by atoms with Gasteiger partial charge in [0.25, 0.3) is 0 Å². The molecule has 0 amide bonds. The van der Waals surface area contributed by atoms with E-state index in [-0.39, 0.29) is 6.10 Å². The van der Waals surface area contributed by atoms with E-state index in [0.717, 1.165) is 4.31 Å². The quantitative estimate of drug-likeness (QED) is 0.874. The molecule has 0 aliphatic rings. The number of anilines is 1. The fourth-order valence-corrected chi connectivity index (χ4v) is 1.73. The van der Waals surface area contributed by atoms with Crippen molar-refractivity contribution < 1.29 is 13.2 Å². The van der Waals surface area contributed by atoms with Crippen LogP contribution in [0, 0.1) is 0 Å². The van der Waals surface area contributed by atoms with Crippen molar-refractivity contribution in [3.05, 3.63) is 24.3 Å². The van der Waals surface area contributed by atoms with Crippen molar-refractivity contribution >= 4 is 15.9 Å². The molecular formula is C11H18N2O3S. The van der Waals surface area contributed by atoms with Crippen LogP contribution >= 0.6 is 0 Å². The van der Waals surface area contributed by atoms with E-state index in [0.29, 0.717) is 11.4 Å². The molecular weight excluding hydrogens is 240 g/mol. The monoisotopic (exact) mass is 258 g/mol. The average molecular weight is 258 g/mol. The standard InChI is InChI=1S/C11H18N2O3S/c1-9(2)16-11-7-5-10(6-8-11)12-17(14,15)13(3)4/h5-9,12H,1-4H3. The highest BCUT2D eigenvalue weighted by Crippen LogP contribution is 2.18. The SMILES string of the molecule is CC(C)Oc1ccc(NS(=O)(=O)N(C)C)cc1. The summed E-state index contributed by atoms with van der Waals surface area (Å²) in [6.45, 7) is 3.87. The van der Waals surface area contributed by atoms with Crippen LogP contribution in [0.2, 0.25) is 0 Å². The second kappa shape index (κ2) is 5.37. The van der Waals surface area contributed by atoms with Crippen molar-refractivity contribution in [2.75, 3.05) is 18.8 Å². The summed E-state index contributed by atoms with van der Waals surface area (Å²) in [6, 6.07) is 6.79. The lowest BCUT2D eigenvalue weighted by Crippen LogP contribution is -2.28. The molecule has 1 aromatic carbocycles. The first kappa shape index (κ1) is 13.8. The van der Waals surface area contributed by atoms with Gasteiger partial charge in [-0.05, 0) is 38.1 Å². The maximum Gasteiger partial charge on any atom is 0.301 e. The number of hydrogen-bond donors (Lipinski definition) is 1. The molecule has 6 heteroatoms. The molecule has 0 unspecified atom stereocenters. The van der Waals surface area contributed by atoms with E-state index >= 15 is 0 Å². The van der Waals surface area contributed by atoms with Crippen LogP contribution in [0.1, 0.15) is 13.8 Å². The van der Waals surface area contributed by atoms with Crippen LogP contribution in [0.4, 0.5) is 5.69 Å². The first-order valence-corrected chi connectivity index (χ1v) is 6.72. The van der Waals surface area contributed by atoms with Gasteiger partial charge in [0.2, 0.25) is 0 Å². The van der Waals surface area contributed by atoms with E-state index < -0.39 is 10.2 Å². The summed E-state index contributed by atoms with van der Waals surface area (Å²) in [5.74, 6) is 0.716. The van der Waals surface area contributed by atoms with Gasteiger partial charge in [-0.15, -0.1) is 0 Å². The van der Waals surface area contributed by atoms with Crippen LogP contribution in [0.5, 0.6) is 5.75 Å². The highest BCUT2D eigenvalue weighted by molar-refractivity contribution is 7.90. The third kappa shape index (κ3) is 4.24. The Morgan fingerprint density at radius 2 is 1.71 bits per heavy atom. The fraction of sp³-hybridized carbons (Fsp3) is 0.455. The molecule has 0 aliphatic carbocycles. The molecule has 1 N–H and O–H groups in total. The van der Waals surface area contributed by atoms with Crippen molar-refractivity contribution in [1.82, 2.24) is 4.31 Å². The largest absolute Gasteiger partial charge is 0.491 e. The lowest BCUT2D eigenvalue weighted by atomic mass is 10.3. The molecule has 0 bridgehead atoms. The number of nitrogens with zero attached hydrogens (tertiary/aromatic N) is 1. The topological polar surface area (TPSA) is 58.6 Å². The average Bonchev–Trinajstić information content (AvgIpc) is 2.19. The summed E-state index contributed by atoms with van der Waals surface area (Å²) in [5, 5.41) is 0. The van der Waals surface area contributed by atoms with E-state index in [1.54, 1.807) is 24.3 Å². The van der Waals surface area contributed by atoms with Crippen molar-refractivity contribution in [1.29, 1.82) is 0 Å². The molecule has 0 saturated carbocycles. The summed E-state index contributed by atoms with van der Waals surface area (Å²) in [5.41, 5.74) is 0.509. The number of nitrogens with one attached hydrogen (secondary N) is 1. The van der Waals surface area contributed by atoms with Gasteiger partial charge in [-0.2, -0.15) is 12.7 Å². The maximum atomic E-state index is 11.5. The maximum absolute atomic E-state index is 11.5. The zero-order valence-corrected chi connectivity index (χ0v) is 11.3. The van der Waals surface area contributed by atoms with Gasteiger partial charge in [0, 0.05) is 14.1 Å². The Morgan fingerprint density at radius 3 is 2.12 bits per heavy atom. The lowest BCUT2D eigenvalue weighted by Gasteiger charge is -2.14. The molecule has 0 radical (unpaired) electrons. The third-order valence-electron chi connectivity index (χ3n) is 1.95. The zero-order valence-electron chi connectivity index (χ0n) is 10.5. The highest BCUT2D eigenvalue weighted by atomic mass is 32.2. The van der Waals surface area contributed by atoms with Gasteiger partial charge in [-0.25, -0.2) is 0 Å². The molecule has 1 rings (SSSR count). The van der Waals surface area contributed by atoms with Gasteiger partial charge in [-0.3, -0.25) is 4.72 Å². The van der Waals surface area contributed by atoms with Gasteiger partial charge in [0.15, 0.2) is 0 Å². The second-order valence-corrected chi connectivity index (χ2v) is 5.97. The van der Waals surface area contributed by atoms with Crippen LogP contribution in [-0.2, 0) is 10.2 Å². The van der Waals surface area contributed by atoms with E-state index in [1.807, 2.05) is 13.8 Å². The predicted octanol–water partition coefficient (Wildman–Crippen LogP) is 1.69. The van der Waals surface area contributed by atoms with Gasteiger partial charge < -0.3 is 4.74 Å². The molecule has 0 atom stereocenters. The first-order valence-electron chi connectivity index (χ1n) is 5.28. The molecule has 17 heavy (non-hydrogen) atoms. The summed E-state index contributed by atoms with van der Waals surface area (Å²) < 4.78 is 32.1. The summed E-state index contributed by atoms with van der Waals surface area (Å²) in [7, 11) is -0.503. The molecule has 0 heterocycles. The molecule has 5 nitrogen and oxygen atoms in total. The van der Waals surface area contributed by atoms with E-state index in [4.69, 9.17) is 4.74 Å². The Hall–Kier alpha value is -1.27. The smallest absolute Gasteiger partial charge is 0.301 e. The van der Waals surface area contributed by atoms with E-state index in [9.17, 15) is 8.42 Å². The Kier molecular flexibility index (Phi) is 4.36. The Morgan fingerprint density at radius 1 is 1.18 bits per heavy atom. The van der Waals surface area contributed by atoms with Crippen molar-refractivity contribution in [2.24, 2.45) is 0 Å². The summed E-state index contributed by atoms with van der Waals surface area (Å²) in [4.78, 5) is 0. The fourth-order valence-electron chi connectivity index (χ4n) is 1.11. The van der Waals surface area contributed by atoms with Gasteiger partial charge in [-0.1, -0.05) is 0 Å². The van der Waals surface area contributed by atoms with Crippen molar-refractivity contribution in [3.63, 3.8) is 0 Å². The molecule has 0 aliphatic heterocycles. The van der Waals surface area contributed by atoms with Crippen LogP contribution < -0.4 is 9.46 Å². The summed E-state index contributed by atoms with van der Waals surface area (Å²) in [6.07, 6.45) is 0.0966. The van der Waals surface area contributed by atoms with Crippen LogP contribution in [0.25, 0.3) is 0 Å². The Balaban J connectivity index is 2.76. The molecule has 1 aromatic rings. The normalized spacial score (nSPS) is 11.9. The first-order chi connectivity index (χ1) is 7.81. The van der Waals surface area contributed by atoms with Crippen LogP contribution in [0.3, 0.4) is 0 Å². The minimum Gasteiger partial charge on any atom is -0.491 e. The number of benzene rings is 1. The predicted molar refractivity (Wildman–Crippen MR) is 68.4 cm³/mol. The second-order valence-electron chi connectivity index (χ2n) is 4.08. The van der Waals surface area contributed by atoms with Crippen LogP contribution in [-0.4, -0.2) is 32.9 Å². The number of ether oxygens (including phenoxy) is 1. The zero-order chi connectivity index (χ0) is 13.1.